The van der Waals surface area contributed by atoms with Crippen LogP contribution in [0.25, 0.3) is 10.1 Å². The lowest BCUT2D eigenvalue weighted by Crippen LogP contribution is -1.74. The second-order valence-corrected chi connectivity index (χ2v) is 4.07. The molecule has 0 amide bonds. The molecule has 0 aliphatic carbocycles. The standard InChI is InChI=1S/C9H7IS/c10-6-8-3-1-2-7-4-5-11-9(7)8/h1-5H,6H2. The highest BCUT2D eigenvalue weighted by Crippen LogP contribution is 2.25. The van der Waals surface area contributed by atoms with Crippen molar-refractivity contribution < 1.29 is 0 Å². The van der Waals surface area contributed by atoms with E-state index < -0.39 is 0 Å². The third-order valence-corrected chi connectivity index (χ3v) is 3.53. The van der Waals surface area contributed by atoms with Crippen LogP contribution >= 0.6 is 33.9 Å². The summed E-state index contributed by atoms with van der Waals surface area (Å²) in [5.41, 5.74) is 1.46. The van der Waals surface area contributed by atoms with E-state index in [0.717, 1.165) is 4.43 Å². The first-order valence-corrected chi connectivity index (χ1v) is 5.83. The molecule has 2 rings (SSSR count). The minimum Gasteiger partial charge on any atom is -0.144 e. The lowest BCUT2D eigenvalue weighted by Gasteiger charge is -1.95. The van der Waals surface area contributed by atoms with Crippen molar-refractivity contribution in [2.45, 2.75) is 4.43 Å². The zero-order valence-electron chi connectivity index (χ0n) is 5.88. The molecular weight excluding hydrogens is 267 g/mol. The van der Waals surface area contributed by atoms with Gasteiger partial charge in [0.05, 0.1) is 0 Å². The minimum absolute atomic E-state index is 1.11. The van der Waals surface area contributed by atoms with Crippen molar-refractivity contribution in [2.24, 2.45) is 0 Å². The quantitative estimate of drug-likeness (QED) is 0.547. The molecule has 0 N–H and O–H groups in total. The van der Waals surface area contributed by atoms with E-state index >= 15 is 0 Å². The van der Waals surface area contributed by atoms with Crippen molar-refractivity contribution in [2.75, 3.05) is 0 Å². The molecule has 0 bridgehead atoms. The fourth-order valence-electron chi connectivity index (χ4n) is 1.16. The third-order valence-electron chi connectivity index (χ3n) is 1.70. The Kier molecular flexibility index (Phi) is 2.13. The predicted octanol–water partition coefficient (Wildman–Crippen LogP) is 3.84. The van der Waals surface area contributed by atoms with Crippen LogP contribution in [0.3, 0.4) is 0 Å². The smallest absolute Gasteiger partial charge is 0.0382 e. The summed E-state index contributed by atoms with van der Waals surface area (Å²) in [4.78, 5) is 0. The molecule has 0 aliphatic rings. The number of alkyl halides is 1. The fraction of sp³-hybridized carbons (Fsp3) is 0.111. The number of rotatable bonds is 1. The third kappa shape index (κ3) is 1.29. The van der Waals surface area contributed by atoms with E-state index in [1.807, 2.05) is 11.3 Å². The van der Waals surface area contributed by atoms with E-state index in [1.54, 1.807) is 0 Å². The normalized spacial score (nSPS) is 10.6. The lowest BCUT2D eigenvalue weighted by molar-refractivity contribution is 1.54. The summed E-state index contributed by atoms with van der Waals surface area (Å²) >= 11 is 4.24. The highest BCUT2D eigenvalue weighted by molar-refractivity contribution is 14.1. The van der Waals surface area contributed by atoms with Crippen LogP contribution in [-0.4, -0.2) is 0 Å². The number of hydrogen-bond donors (Lipinski definition) is 0. The van der Waals surface area contributed by atoms with Crippen LogP contribution in [0.1, 0.15) is 5.56 Å². The second kappa shape index (κ2) is 3.11. The minimum atomic E-state index is 1.11. The van der Waals surface area contributed by atoms with Gasteiger partial charge in [-0.3, -0.25) is 0 Å². The summed E-state index contributed by atoms with van der Waals surface area (Å²) < 4.78 is 2.55. The Balaban J connectivity index is 2.79. The maximum atomic E-state index is 2.41. The molecule has 0 nitrogen and oxygen atoms in total. The van der Waals surface area contributed by atoms with Crippen molar-refractivity contribution >= 4 is 44.0 Å². The average Bonchev–Trinajstić information content (AvgIpc) is 2.50. The van der Waals surface area contributed by atoms with Crippen molar-refractivity contribution in [1.82, 2.24) is 0 Å². The molecule has 2 aromatic rings. The van der Waals surface area contributed by atoms with Gasteiger partial charge in [-0.15, -0.1) is 11.3 Å². The van der Waals surface area contributed by atoms with Gasteiger partial charge in [0.1, 0.15) is 0 Å². The Hall–Kier alpha value is -0.0900. The second-order valence-electron chi connectivity index (χ2n) is 2.39. The number of thiophene rings is 1. The van der Waals surface area contributed by atoms with Crippen LogP contribution in [0.15, 0.2) is 29.6 Å². The lowest BCUT2D eigenvalue weighted by atomic mass is 10.2. The molecule has 11 heavy (non-hydrogen) atoms. The van der Waals surface area contributed by atoms with E-state index in [-0.39, 0.29) is 0 Å². The number of fused-ring (bicyclic) bond motifs is 1. The largest absolute Gasteiger partial charge is 0.144 e. The van der Waals surface area contributed by atoms with Crippen LogP contribution in [0.5, 0.6) is 0 Å². The van der Waals surface area contributed by atoms with Gasteiger partial charge in [-0.25, -0.2) is 0 Å². The Morgan fingerprint density at radius 2 is 2.18 bits per heavy atom. The highest BCUT2D eigenvalue weighted by Gasteiger charge is 1.98. The van der Waals surface area contributed by atoms with Gasteiger partial charge in [0.2, 0.25) is 0 Å². The molecule has 0 unspecified atom stereocenters. The molecule has 0 atom stereocenters. The van der Waals surface area contributed by atoms with Gasteiger partial charge in [-0.1, -0.05) is 40.8 Å². The maximum absolute atomic E-state index is 2.41. The summed E-state index contributed by atoms with van der Waals surface area (Å²) in [5.74, 6) is 0. The maximum Gasteiger partial charge on any atom is 0.0382 e. The molecule has 1 aromatic heterocycles. The molecule has 56 valence electrons. The van der Waals surface area contributed by atoms with Gasteiger partial charge in [-0.05, 0) is 22.4 Å². The van der Waals surface area contributed by atoms with E-state index in [9.17, 15) is 0 Å². The molecule has 2 heteroatoms. The number of halogens is 1. The van der Waals surface area contributed by atoms with E-state index in [1.165, 1.54) is 15.6 Å². The molecule has 0 fully saturated rings. The molecule has 1 aromatic carbocycles. The Morgan fingerprint density at radius 3 is 3.00 bits per heavy atom. The van der Waals surface area contributed by atoms with Gasteiger partial charge in [0, 0.05) is 9.13 Å². The van der Waals surface area contributed by atoms with Crippen LogP contribution in [-0.2, 0) is 4.43 Å². The predicted molar refractivity (Wildman–Crippen MR) is 59.5 cm³/mol. The molecule has 0 spiro atoms. The van der Waals surface area contributed by atoms with E-state index in [2.05, 4.69) is 52.2 Å². The van der Waals surface area contributed by atoms with Crippen LogP contribution < -0.4 is 0 Å². The zero-order valence-corrected chi connectivity index (χ0v) is 8.85. The first-order chi connectivity index (χ1) is 5.42. The monoisotopic (exact) mass is 274 g/mol. The zero-order chi connectivity index (χ0) is 7.68. The summed E-state index contributed by atoms with van der Waals surface area (Å²) in [6.45, 7) is 0. The summed E-state index contributed by atoms with van der Waals surface area (Å²) in [5, 5.41) is 3.53. The van der Waals surface area contributed by atoms with E-state index in [4.69, 9.17) is 0 Å². The SMILES string of the molecule is ICc1cccc2ccsc12. The molecule has 0 saturated carbocycles. The van der Waals surface area contributed by atoms with Crippen molar-refractivity contribution in [3.05, 3.63) is 35.2 Å². The molecule has 0 aliphatic heterocycles. The van der Waals surface area contributed by atoms with Crippen LogP contribution in [0, 0.1) is 0 Å². The van der Waals surface area contributed by atoms with Gasteiger partial charge in [-0.2, -0.15) is 0 Å². The van der Waals surface area contributed by atoms with Crippen LogP contribution in [0.2, 0.25) is 0 Å². The Labute approximate surface area is 83.4 Å². The van der Waals surface area contributed by atoms with Crippen molar-refractivity contribution in [1.29, 1.82) is 0 Å². The molecule has 0 saturated heterocycles. The Bertz CT molecular complexity index is 364. The van der Waals surface area contributed by atoms with Gasteiger partial charge >= 0.3 is 0 Å². The first-order valence-electron chi connectivity index (χ1n) is 3.43. The Morgan fingerprint density at radius 1 is 1.27 bits per heavy atom. The molecule has 1 heterocycles. The molecular formula is C9H7IS. The van der Waals surface area contributed by atoms with Gasteiger partial charge in [0.25, 0.3) is 0 Å². The van der Waals surface area contributed by atoms with Gasteiger partial charge in [0.15, 0.2) is 0 Å². The number of benzene rings is 1. The summed E-state index contributed by atoms with van der Waals surface area (Å²) in [6, 6.07) is 8.67. The first kappa shape index (κ1) is 7.55. The van der Waals surface area contributed by atoms with Crippen molar-refractivity contribution in [3.63, 3.8) is 0 Å². The summed E-state index contributed by atoms with van der Waals surface area (Å²) in [6.07, 6.45) is 0. The van der Waals surface area contributed by atoms with E-state index in [0.29, 0.717) is 0 Å². The molecule has 0 radical (unpaired) electrons. The number of hydrogen-bond acceptors (Lipinski definition) is 1. The summed E-state index contributed by atoms with van der Waals surface area (Å²) in [7, 11) is 0. The van der Waals surface area contributed by atoms with Crippen molar-refractivity contribution in [3.8, 4) is 0 Å². The fourth-order valence-corrected chi connectivity index (χ4v) is 2.97. The van der Waals surface area contributed by atoms with Gasteiger partial charge < -0.3 is 0 Å². The highest BCUT2D eigenvalue weighted by atomic mass is 127. The topological polar surface area (TPSA) is 0 Å². The van der Waals surface area contributed by atoms with Crippen LogP contribution in [0.4, 0.5) is 0 Å². The average molecular weight is 274 g/mol.